The van der Waals surface area contributed by atoms with Crippen LogP contribution in [-0.4, -0.2) is 27.5 Å². The number of aromatic nitrogens is 2. The summed E-state index contributed by atoms with van der Waals surface area (Å²) in [5.41, 5.74) is 4.37. The van der Waals surface area contributed by atoms with Crippen molar-refractivity contribution in [3.8, 4) is 11.3 Å². The van der Waals surface area contributed by atoms with E-state index in [9.17, 15) is 4.79 Å². The van der Waals surface area contributed by atoms with Crippen LogP contribution in [-0.2, 0) is 0 Å². The zero-order valence-electron chi connectivity index (χ0n) is 15.6. The van der Waals surface area contributed by atoms with E-state index in [1.165, 1.54) is 0 Å². The summed E-state index contributed by atoms with van der Waals surface area (Å²) in [6.45, 7) is 2.90. The molecular weight excluding hydrogens is 438 g/mol. The number of hydrogen-bond acceptors (Lipinski definition) is 2. The molecule has 1 unspecified atom stereocenters. The zero-order valence-corrected chi connectivity index (χ0v) is 17.9. The third kappa shape index (κ3) is 3.49. The maximum absolute atomic E-state index is 13.2. The lowest BCUT2D eigenvalue weighted by molar-refractivity contribution is 0.0740. The highest BCUT2D eigenvalue weighted by atomic mass is 79.9. The van der Waals surface area contributed by atoms with Crippen LogP contribution in [0.5, 0.6) is 0 Å². The highest BCUT2D eigenvalue weighted by Gasteiger charge is 2.41. The molecular formula is C22H21BrClN3O. The van der Waals surface area contributed by atoms with Crippen molar-refractivity contribution in [2.24, 2.45) is 0 Å². The number of H-pyrrole nitrogens is 1. The van der Waals surface area contributed by atoms with Gasteiger partial charge in [-0.3, -0.25) is 9.89 Å². The molecule has 3 aromatic rings. The lowest BCUT2D eigenvalue weighted by atomic mass is 9.96. The fourth-order valence-electron chi connectivity index (χ4n) is 3.81. The second kappa shape index (κ2) is 8.10. The van der Waals surface area contributed by atoms with E-state index in [2.05, 4.69) is 45.2 Å². The van der Waals surface area contributed by atoms with Gasteiger partial charge in [0.15, 0.2) is 0 Å². The third-order valence-electron chi connectivity index (χ3n) is 5.15. The molecule has 1 aliphatic heterocycles. The first-order valence-electron chi connectivity index (χ1n) is 9.50. The van der Waals surface area contributed by atoms with Gasteiger partial charge < -0.3 is 4.90 Å². The van der Waals surface area contributed by atoms with Gasteiger partial charge in [-0.2, -0.15) is 5.10 Å². The van der Waals surface area contributed by atoms with Gasteiger partial charge in [-0.05, 0) is 36.2 Å². The summed E-state index contributed by atoms with van der Waals surface area (Å²) < 4.78 is 0.996. The van der Waals surface area contributed by atoms with Crippen LogP contribution in [0.3, 0.4) is 0 Å². The molecule has 144 valence electrons. The maximum atomic E-state index is 13.2. The first-order chi connectivity index (χ1) is 13.6. The molecule has 1 aliphatic rings. The van der Waals surface area contributed by atoms with Crippen molar-refractivity contribution in [1.29, 1.82) is 0 Å². The van der Waals surface area contributed by atoms with Crippen LogP contribution in [0.2, 0.25) is 5.02 Å². The van der Waals surface area contributed by atoms with Crippen molar-refractivity contribution in [3.63, 3.8) is 0 Å². The smallest absolute Gasteiger partial charge is 0.273 e. The van der Waals surface area contributed by atoms with Crippen molar-refractivity contribution in [2.45, 2.75) is 32.2 Å². The van der Waals surface area contributed by atoms with Crippen LogP contribution in [0, 0.1) is 0 Å². The van der Waals surface area contributed by atoms with Crippen molar-refractivity contribution in [2.75, 3.05) is 6.54 Å². The number of nitrogens with zero attached hydrogens (tertiary/aromatic N) is 2. The molecule has 1 atom stereocenters. The fourth-order valence-corrected chi connectivity index (χ4v) is 4.35. The van der Waals surface area contributed by atoms with Crippen molar-refractivity contribution in [3.05, 3.63) is 74.8 Å². The number of amides is 1. The lowest BCUT2D eigenvalue weighted by Crippen LogP contribution is -2.30. The van der Waals surface area contributed by atoms with Gasteiger partial charge in [0.2, 0.25) is 0 Å². The summed E-state index contributed by atoms with van der Waals surface area (Å²) in [5.74, 6) is 0.0174. The molecule has 0 spiro atoms. The highest BCUT2D eigenvalue weighted by molar-refractivity contribution is 9.10. The predicted molar refractivity (Wildman–Crippen MR) is 116 cm³/mol. The number of unbranched alkanes of at least 4 members (excludes halogenated alkanes) is 2. The lowest BCUT2D eigenvalue weighted by Gasteiger charge is -2.26. The van der Waals surface area contributed by atoms with Gasteiger partial charge in [-0.15, -0.1) is 0 Å². The maximum Gasteiger partial charge on any atom is 0.273 e. The molecule has 4 rings (SSSR count). The van der Waals surface area contributed by atoms with Crippen LogP contribution in [0.1, 0.15) is 53.8 Å². The third-order valence-corrected chi connectivity index (χ3v) is 5.89. The number of benzene rings is 2. The molecule has 0 aliphatic carbocycles. The Hall–Kier alpha value is -2.11. The highest BCUT2D eigenvalue weighted by Crippen LogP contribution is 2.43. The number of halogens is 2. The Kier molecular flexibility index (Phi) is 5.56. The van der Waals surface area contributed by atoms with E-state index in [1.807, 2.05) is 41.3 Å². The van der Waals surface area contributed by atoms with E-state index in [4.69, 9.17) is 11.6 Å². The Morgan fingerprint density at radius 2 is 1.96 bits per heavy atom. The minimum absolute atomic E-state index is 0.0174. The minimum atomic E-state index is -0.152. The average molecular weight is 459 g/mol. The summed E-state index contributed by atoms with van der Waals surface area (Å²) in [6.07, 6.45) is 3.21. The molecule has 0 bridgehead atoms. The first-order valence-corrected chi connectivity index (χ1v) is 10.7. The molecule has 1 amide bonds. The molecule has 6 heteroatoms. The van der Waals surface area contributed by atoms with E-state index in [1.54, 1.807) is 0 Å². The predicted octanol–water partition coefficient (Wildman–Crippen LogP) is 6.23. The molecule has 0 radical (unpaired) electrons. The monoisotopic (exact) mass is 457 g/mol. The van der Waals surface area contributed by atoms with E-state index < -0.39 is 0 Å². The summed E-state index contributed by atoms with van der Waals surface area (Å²) >= 11 is 9.62. The Morgan fingerprint density at radius 3 is 2.68 bits per heavy atom. The van der Waals surface area contributed by atoms with Gasteiger partial charge in [0, 0.05) is 27.2 Å². The number of rotatable bonds is 6. The van der Waals surface area contributed by atoms with Crippen LogP contribution in [0.4, 0.5) is 0 Å². The molecule has 0 saturated heterocycles. The first kappa shape index (κ1) is 19.2. The number of carbonyl (C=O) groups is 1. The number of hydrogen-bond donors (Lipinski definition) is 1. The molecule has 0 fully saturated rings. The molecule has 1 N–H and O–H groups in total. The summed E-state index contributed by atoms with van der Waals surface area (Å²) in [6, 6.07) is 15.6. The fraction of sp³-hybridized carbons (Fsp3) is 0.273. The minimum Gasteiger partial charge on any atom is -0.326 e. The van der Waals surface area contributed by atoms with Gasteiger partial charge in [-0.1, -0.05) is 71.6 Å². The molecule has 2 heterocycles. The number of nitrogens with one attached hydrogen (secondary N) is 1. The Balaban J connectivity index is 1.82. The SMILES string of the molecule is CCCCCN1C(=O)c2[nH]nc(-c3ccc(Cl)cc3)c2C1c1cccc(Br)c1. The topological polar surface area (TPSA) is 49.0 Å². The Bertz CT molecular complexity index is 999. The average Bonchev–Trinajstić information content (AvgIpc) is 3.22. The second-order valence-corrected chi connectivity index (χ2v) is 8.38. The number of fused-ring (bicyclic) bond motifs is 1. The standard InChI is InChI=1S/C22H21BrClN3O/c1-2-3-4-12-27-21(15-6-5-7-16(23)13-15)18-19(25-26-20(18)22(27)28)14-8-10-17(24)11-9-14/h5-11,13,21H,2-4,12H2,1H3,(H,25,26). The van der Waals surface area contributed by atoms with E-state index >= 15 is 0 Å². The van der Waals surface area contributed by atoms with Crippen LogP contribution in [0.25, 0.3) is 11.3 Å². The van der Waals surface area contributed by atoms with Gasteiger partial charge in [-0.25, -0.2) is 0 Å². The van der Waals surface area contributed by atoms with Crippen molar-refractivity contribution >= 4 is 33.4 Å². The second-order valence-electron chi connectivity index (χ2n) is 7.03. The van der Waals surface area contributed by atoms with Gasteiger partial charge in [0.05, 0.1) is 11.7 Å². The summed E-state index contributed by atoms with van der Waals surface area (Å²) in [4.78, 5) is 15.2. The molecule has 2 aromatic carbocycles. The van der Waals surface area contributed by atoms with E-state index in [0.717, 1.165) is 52.7 Å². The zero-order chi connectivity index (χ0) is 19.7. The summed E-state index contributed by atoms with van der Waals surface area (Å²) in [5, 5.41) is 8.17. The molecule has 4 nitrogen and oxygen atoms in total. The quantitative estimate of drug-likeness (QED) is 0.445. The van der Waals surface area contributed by atoms with E-state index in [0.29, 0.717) is 10.7 Å². The van der Waals surface area contributed by atoms with Crippen molar-refractivity contribution < 1.29 is 4.79 Å². The van der Waals surface area contributed by atoms with Gasteiger partial charge >= 0.3 is 0 Å². The van der Waals surface area contributed by atoms with Crippen LogP contribution in [0.15, 0.2) is 53.0 Å². The van der Waals surface area contributed by atoms with Crippen LogP contribution < -0.4 is 0 Å². The summed E-state index contributed by atoms with van der Waals surface area (Å²) in [7, 11) is 0. The largest absolute Gasteiger partial charge is 0.326 e. The number of aromatic amines is 1. The van der Waals surface area contributed by atoms with Crippen LogP contribution >= 0.6 is 27.5 Å². The molecule has 0 saturated carbocycles. The van der Waals surface area contributed by atoms with Gasteiger partial charge in [0.1, 0.15) is 5.69 Å². The molecule has 28 heavy (non-hydrogen) atoms. The Morgan fingerprint density at radius 1 is 1.18 bits per heavy atom. The van der Waals surface area contributed by atoms with Gasteiger partial charge in [0.25, 0.3) is 5.91 Å². The number of carbonyl (C=O) groups excluding carboxylic acids is 1. The normalized spacial score (nSPS) is 15.9. The Labute approximate surface area is 178 Å². The molecule has 1 aromatic heterocycles. The van der Waals surface area contributed by atoms with Crippen molar-refractivity contribution in [1.82, 2.24) is 15.1 Å². The van der Waals surface area contributed by atoms with E-state index in [-0.39, 0.29) is 11.9 Å².